The average Bonchev–Trinajstić information content (AvgIpc) is 2.96. The number of carboxylic acid groups (broad SMARTS) is 1. The van der Waals surface area contributed by atoms with Gasteiger partial charge in [0.25, 0.3) is 0 Å². The van der Waals surface area contributed by atoms with Gasteiger partial charge in [0.1, 0.15) is 21.5 Å². The highest BCUT2D eigenvalue weighted by Gasteiger charge is 2.51. The second-order valence-electron chi connectivity index (χ2n) is 4.48. The van der Waals surface area contributed by atoms with Crippen molar-refractivity contribution in [2.75, 3.05) is 23.8 Å². The Morgan fingerprint density at radius 1 is 1.60 bits per heavy atom. The Morgan fingerprint density at radius 3 is 3.05 bits per heavy atom. The maximum atomic E-state index is 11.8. The molecule has 2 atom stereocenters. The van der Waals surface area contributed by atoms with E-state index in [1.165, 1.54) is 16.7 Å². The Bertz CT molecular complexity index is 534. The summed E-state index contributed by atoms with van der Waals surface area (Å²) in [4.78, 5) is 28.9. The molecule has 0 aromatic rings. The van der Waals surface area contributed by atoms with Crippen molar-refractivity contribution in [3.63, 3.8) is 0 Å². The normalized spacial score (nSPS) is 29.1. The molecule has 9 heteroatoms. The van der Waals surface area contributed by atoms with E-state index in [0.29, 0.717) is 11.5 Å². The average molecular weight is 331 g/mol. The number of carboxylic acids is 1. The van der Waals surface area contributed by atoms with Crippen LogP contribution < -0.4 is 5.73 Å². The SMILES string of the molecule is NC1C(=O)N2C(C(=O)O)=C(CSC3=NCCS3)CS[C@H]12. The van der Waals surface area contributed by atoms with Gasteiger partial charge in [-0.1, -0.05) is 23.5 Å². The van der Waals surface area contributed by atoms with Gasteiger partial charge in [0.2, 0.25) is 5.91 Å². The molecule has 3 aliphatic heterocycles. The monoisotopic (exact) mass is 331 g/mol. The molecule has 0 aromatic carbocycles. The Balaban J connectivity index is 1.79. The summed E-state index contributed by atoms with van der Waals surface area (Å²) < 4.78 is 1.00. The van der Waals surface area contributed by atoms with E-state index in [-0.39, 0.29) is 17.0 Å². The van der Waals surface area contributed by atoms with Crippen LogP contribution in [0.25, 0.3) is 0 Å². The predicted octanol–water partition coefficient (Wildman–Crippen LogP) is 0.404. The molecule has 0 aliphatic carbocycles. The molecule has 20 heavy (non-hydrogen) atoms. The molecular formula is C11H13N3O3S3. The van der Waals surface area contributed by atoms with Gasteiger partial charge in [-0.15, -0.1) is 11.8 Å². The fourth-order valence-electron chi connectivity index (χ4n) is 2.24. The van der Waals surface area contributed by atoms with Crippen molar-refractivity contribution in [2.24, 2.45) is 10.7 Å². The van der Waals surface area contributed by atoms with Gasteiger partial charge in [-0.25, -0.2) is 4.79 Å². The predicted molar refractivity (Wildman–Crippen MR) is 82.9 cm³/mol. The number of amides is 1. The minimum Gasteiger partial charge on any atom is -0.477 e. The molecule has 3 rings (SSSR count). The maximum Gasteiger partial charge on any atom is 0.352 e. The largest absolute Gasteiger partial charge is 0.477 e. The molecule has 1 fully saturated rings. The van der Waals surface area contributed by atoms with Gasteiger partial charge < -0.3 is 10.8 Å². The molecule has 1 amide bonds. The number of thioether (sulfide) groups is 3. The van der Waals surface area contributed by atoms with E-state index in [1.54, 1.807) is 23.5 Å². The third-order valence-corrected chi connectivity index (χ3v) is 6.92. The molecule has 1 unspecified atom stereocenters. The summed E-state index contributed by atoms with van der Waals surface area (Å²) in [6.45, 7) is 0.828. The van der Waals surface area contributed by atoms with Crippen molar-refractivity contribution in [3.05, 3.63) is 11.3 Å². The molecular weight excluding hydrogens is 318 g/mol. The topological polar surface area (TPSA) is 96.0 Å². The van der Waals surface area contributed by atoms with Gasteiger partial charge >= 0.3 is 5.97 Å². The number of hydrogen-bond acceptors (Lipinski definition) is 7. The first-order chi connectivity index (χ1) is 9.59. The highest BCUT2D eigenvalue weighted by Crippen LogP contribution is 2.40. The molecule has 108 valence electrons. The fraction of sp³-hybridized carbons (Fsp3) is 0.545. The van der Waals surface area contributed by atoms with Gasteiger partial charge in [0.05, 0.1) is 6.54 Å². The highest BCUT2D eigenvalue weighted by atomic mass is 32.2. The quantitative estimate of drug-likeness (QED) is 0.723. The number of nitrogens with zero attached hydrogens (tertiary/aromatic N) is 2. The maximum absolute atomic E-state index is 11.8. The van der Waals surface area contributed by atoms with E-state index in [2.05, 4.69) is 4.99 Å². The first kappa shape index (κ1) is 14.3. The lowest BCUT2D eigenvalue weighted by Crippen LogP contribution is -2.68. The van der Waals surface area contributed by atoms with Crippen LogP contribution in [0.3, 0.4) is 0 Å². The van der Waals surface area contributed by atoms with Gasteiger partial charge in [-0.2, -0.15) is 0 Å². The summed E-state index contributed by atoms with van der Waals surface area (Å²) in [6, 6.07) is -0.571. The molecule has 3 aliphatic rings. The number of hydrogen-bond donors (Lipinski definition) is 2. The Labute approximate surface area is 128 Å². The standard InChI is InChI=1S/C11H13N3O3S3/c12-6-8(15)14-7(10(16)17)5(3-19-9(6)14)4-20-11-13-1-2-18-11/h6,9H,1-4,12H2,(H,16,17)/t6?,9-/m1/s1. The zero-order valence-corrected chi connectivity index (χ0v) is 12.9. The number of aliphatic imine (C=N–C) groups is 1. The summed E-state index contributed by atoms with van der Waals surface area (Å²) in [7, 11) is 0. The second-order valence-corrected chi connectivity index (χ2v) is 7.89. The first-order valence-corrected chi connectivity index (χ1v) is 9.07. The lowest BCUT2D eigenvalue weighted by atomic mass is 10.0. The van der Waals surface area contributed by atoms with Gasteiger partial charge in [0, 0.05) is 17.3 Å². The smallest absolute Gasteiger partial charge is 0.352 e. The minimum atomic E-state index is -1.05. The Hall–Kier alpha value is -0.640. The van der Waals surface area contributed by atoms with Crippen LogP contribution in [0.15, 0.2) is 16.3 Å². The van der Waals surface area contributed by atoms with Crippen LogP contribution in [0, 0.1) is 0 Å². The van der Waals surface area contributed by atoms with E-state index >= 15 is 0 Å². The van der Waals surface area contributed by atoms with Crippen molar-refractivity contribution in [1.29, 1.82) is 0 Å². The fourth-order valence-corrected chi connectivity index (χ4v) is 5.68. The number of rotatable bonds is 3. The van der Waals surface area contributed by atoms with Crippen molar-refractivity contribution in [3.8, 4) is 0 Å². The Kier molecular flexibility index (Phi) is 4.02. The number of nitrogens with two attached hydrogens (primary N) is 1. The van der Waals surface area contributed by atoms with Crippen LogP contribution in [0.5, 0.6) is 0 Å². The van der Waals surface area contributed by atoms with Crippen molar-refractivity contribution in [2.45, 2.75) is 11.4 Å². The van der Waals surface area contributed by atoms with Gasteiger partial charge in [0.15, 0.2) is 0 Å². The lowest BCUT2D eigenvalue weighted by molar-refractivity contribution is -0.147. The molecule has 0 saturated carbocycles. The van der Waals surface area contributed by atoms with Crippen molar-refractivity contribution >= 4 is 51.5 Å². The zero-order valence-electron chi connectivity index (χ0n) is 10.4. The number of aliphatic carboxylic acids is 1. The number of carbonyl (C=O) groups is 2. The number of carbonyl (C=O) groups excluding carboxylic acids is 1. The summed E-state index contributed by atoms with van der Waals surface area (Å²) >= 11 is 4.78. The van der Waals surface area contributed by atoms with Crippen LogP contribution in [0.2, 0.25) is 0 Å². The van der Waals surface area contributed by atoms with Crippen molar-refractivity contribution in [1.82, 2.24) is 4.90 Å². The van der Waals surface area contributed by atoms with Crippen LogP contribution in [-0.2, 0) is 9.59 Å². The Morgan fingerprint density at radius 2 is 2.40 bits per heavy atom. The van der Waals surface area contributed by atoms with Gasteiger partial charge in [-0.3, -0.25) is 14.7 Å². The number of β-lactam (4-membered cyclic amide) rings is 1. The highest BCUT2D eigenvalue weighted by molar-refractivity contribution is 8.39. The van der Waals surface area contributed by atoms with E-state index in [0.717, 1.165) is 22.2 Å². The molecule has 0 aromatic heterocycles. The van der Waals surface area contributed by atoms with Crippen molar-refractivity contribution < 1.29 is 14.7 Å². The third-order valence-electron chi connectivity index (χ3n) is 3.22. The molecule has 3 N–H and O–H groups in total. The summed E-state index contributed by atoms with van der Waals surface area (Å²) in [5.41, 5.74) is 6.60. The number of fused-ring (bicyclic) bond motifs is 1. The first-order valence-electron chi connectivity index (χ1n) is 6.05. The third kappa shape index (κ3) is 2.36. The van der Waals surface area contributed by atoms with E-state index < -0.39 is 12.0 Å². The van der Waals surface area contributed by atoms with Crippen LogP contribution >= 0.6 is 35.3 Å². The molecule has 0 spiro atoms. The minimum absolute atomic E-state index is 0.122. The summed E-state index contributed by atoms with van der Waals surface area (Å²) in [5, 5.41) is 9.16. The molecule has 1 saturated heterocycles. The van der Waals surface area contributed by atoms with Crippen LogP contribution in [-0.4, -0.2) is 61.5 Å². The zero-order chi connectivity index (χ0) is 14.3. The van der Waals surface area contributed by atoms with Crippen LogP contribution in [0.1, 0.15) is 0 Å². The molecule has 6 nitrogen and oxygen atoms in total. The summed E-state index contributed by atoms with van der Waals surface area (Å²) in [5.74, 6) is 0.812. The summed E-state index contributed by atoms with van der Waals surface area (Å²) in [6.07, 6.45) is 0. The van der Waals surface area contributed by atoms with E-state index in [1.807, 2.05) is 0 Å². The lowest BCUT2D eigenvalue weighted by Gasteiger charge is -2.48. The van der Waals surface area contributed by atoms with Gasteiger partial charge in [-0.05, 0) is 5.57 Å². The van der Waals surface area contributed by atoms with E-state index in [9.17, 15) is 14.7 Å². The van der Waals surface area contributed by atoms with Crippen LogP contribution in [0.4, 0.5) is 0 Å². The molecule has 0 radical (unpaired) electrons. The molecule has 3 heterocycles. The van der Waals surface area contributed by atoms with E-state index in [4.69, 9.17) is 5.73 Å². The second kappa shape index (κ2) is 5.63. The molecule has 0 bridgehead atoms.